The molecule has 0 saturated carbocycles. The van der Waals surface area contributed by atoms with E-state index < -0.39 is 20.6 Å². The van der Waals surface area contributed by atoms with Crippen LogP contribution in [0.3, 0.4) is 0 Å². The van der Waals surface area contributed by atoms with E-state index in [2.05, 4.69) is 11.6 Å². The van der Waals surface area contributed by atoms with Crippen LogP contribution in [0, 0.1) is 0 Å². The van der Waals surface area contributed by atoms with Crippen LogP contribution >= 0.6 is 11.6 Å². The van der Waals surface area contributed by atoms with E-state index in [9.17, 15) is 26.5 Å². The van der Waals surface area contributed by atoms with E-state index in [1.165, 1.54) is 0 Å². The summed E-state index contributed by atoms with van der Waals surface area (Å²) in [6.45, 7) is 0. The third-order valence-electron chi connectivity index (χ3n) is 0.543. The molecule has 9 heteroatoms. The number of carbonyl (C=O) groups is 1. The van der Waals surface area contributed by atoms with E-state index >= 15 is 0 Å². The Balaban J connectivity index is 0. The van der Waals surface area contributed by atoms with Gasteiger partial charge in [-0.2, -0.15) is 8.78 Å². The zero-order chi connectivity index (χ0) is 8.58. The van der Waals surface area contributed by atoms with Crippen molar-refractivity contribution in [3.63, 3.8) is 0 Å². The van der Waals surface area contributed by atoms with Crippen LogP contribution in [0.5, 0.6) is 0 Å². The van der Waals surface area contributed by atoms with E-state index in [1.54, 1.807) is 0 Å². The van der Waals surface area contributed by atoms with Crippen molar-refractivity contribution in [3.8, 4) is 0 Å². The van der Waals surface area contributed by atoms with Crippen LogP contribution in [0.1, 0.15) is 0 Å². The minimum absolute atomic E-state index is 0. The van der Waals surface area contributed by atoms with Gasteiger partial charge in [-0.05, 0) is 11.6 Å². The Morgan fingerprint density at radius 1 is 1.45 bits per heavy atom. The number of hydrogen-bond acceptors (Lipinski definition) is 4. The van der Waals surface area contributed by atoms with Gasteiger partial charge in [-0.25, -0.2) is 8.42 Å². The normalized spacial score (nSPS) is 12.0. The van der Waals surface area contributed by atoms with Gasteiger partial charge in [0.15, 0.2) is 10.1 Å². The molecule has 0 aliphatic rings. The minimum atomic E-state index is -5.97. The molecule has 0 radical (unpaired) electrons. The first-order valence-electron chi connectivity index (χ1n) is 1.73. The Bertz CT molecular complexity index is 249. The molecule has 4 nitrogen and oxygen atoms in total. The average molecular weight is 217 g/mol. The predicted octanol–water partition coefficient (Wildman–Crippen LogP) is -3.11. The van der Waals surface area contributed by atoms with Crippen LogP contribution in [0.2, 0.25) is 0 Å². The van der Waals surface area contributed by atoms with Crippen LogP contribution < -0.4 is 29.6 Å². The summed E-state index contributed by atoms with van der Waals surface area (Å²) in [5, 5.41) is -7.52. The number of carbonyl (C=O) groups excluding carboxylic acids is 1. The summed E-state index contributed by atoms with van der Waals surface area (Å²) in [7, 11) is -5.97. The topological polar surface area (TPSA) is 74.3 Å². The molecule has 0 aliphatic heterocycles. The second-order valence-electron chi connectivity index (χ2n) is 1.24. The second kappa shape index (κ2) is 4.11. The van der Waals surface area contributed by atoms with Gasteiger partial charge in [-0.3, -0.25) is 4.79 Å². The third kappa shape index (κ3) is 3.30. The Kier molecular flexibility index (Phi) is 5.32. The van der Waals surface area contributed by atoms with Gasteiger partial charge in [-0.1, -0.05) is 0 Å². The molecular weight excluding hydrogens is 217 g/mol. The molecule has 0 fully saturated rings. The number of hydrogen-bond donors (Lipinski definition) is 0. The number of alkyl halides is 2. The molecule has 0 atom stereocenters. The standard InChI is InChI=1S/C2HClF2O4S.Na/c3-1(6)2(4,5)10(7,8)9;/h(H,7,8,9);/q;+1/p-1. The zero-order valence-electron chi connectivity index (χ0n) is 5.18. The fourth-order valence-corrected chi connectivity index (χ4v) is 0.578. The monoisotopic (exact) mass is 216 g/mol. The molecule has 0 bridgehead atoms. The Labute approximate surface area is 87.9 Å². The molecule has 0 amide bonds. The van der Waals surface area contributed by atoms with Gasteiger partial charge in [0, 0.05) is 0 Å². The van der Waals surface area contributed by atoms with E-state index in [-0.39, 0.29) is 29.6 Å². The molecule has 0 heterocycles. The van der Waals surface area contributed by atoms with Gasteiger partial charge in [0.1, 0.15) is 0 Å². The summed E-state index contributed by atoms with van der Waals surface area (Å²) in [4.78, 5) is 9.55. The van der Waals surface area contributed by atoms with Crippen molar-refractivity contribution < 1.29 is 56.1 Å². The second-order valence-corrected chi connectivity index (χ2v) is 3.01. The van der Waals surface area contributed by atoms with Gasteiger partial charge in [0.2, 0.25) is 0 Å². The first-order chi connectivity index (χ1) is 4.19. The summed E-state index contributed by atoms with van der Waals surface area (Å²) in [6, 6.07) is 0. The molecule has 0 aromatic carbocycles. The maximum Gasteiger partial charge on any atom is 1.00 e. The Hall–Kier alpha value is 0.730. The van der Waals surface area contributed by atoms with Crippen molar-refractivity contribution in [3.05, 3.63) is 0 Å². The van der Waals surface area contributed by atoms with Gasteiger partial charge in [0.25, 0.3) is 0 Å². The predicted molar refractivity (Wildman–Crippen MR) is 25.5 cm³/mol. The first-order valence-corrected chi connectivity index (χ1v) is 3.51. The van der Waals surface area contributed by atoms with Gasteiger partial charge in [-0.15, -0.1) is 0 Å². The molecule has 0 aromatic heterocycles. The molecule has 0 rings (SSSR count). The van der Waals surface area contributed by atoms with Gasteiger partial charge >= 0.3 is 40.1 Å². The van der Waals surface area contributed by atoms with Crippen LogP contribution in [-0.4, -0.2) is 23.5 Å². The van der Waals surface area contributed by atoms with E-state index in [0.29, 0.717) is 0 Å². The van der Waals surface area contributed by atoms with Crippen molar-refractivity contribution in [2.24, 2.45) is 0 Å². The fourth-order valence-electron chi connectivity index (χ4n) is 0.0983. The van der Waals surface area contributed by atoms with E-state index in [0.717, 1.165) is 0 Å². The SMILES string of the molecule is O=C(Cl)C(F)(F)S(=O)(=O)[O-].[Na+]. The summed E-state index contributed by atoms with van der Waals surface area (Å²) in [6.07, 6.45) is 0. The number of halogens is 3. The van der Waals surface area contributed by atoms with Gasteiger partial charge in [0.05, 0.1) is 0 Å². The van der Waals surface area contributed by atoms with Crippen LogP contribution in [0.4, 0.5) is 8.78 Å². The molecule has 11 heavy (non-hydrogen) atoms. The largest absolute Gasteiger partial charge is 1.00 e. The quantitative estimate of drug-likeness (QED) is 0.278. The minimum Gasteiger partial charge on any atom is -0.743 e. The maximum atomic E-state index is 11.7. The molecule has 60 valence electrons. The summed E-state index contributed by atoms with van der Waals surface area (Å²) < 4.78 is 51.8. The molecule has 0 saturated heterocycles. The fraction of sp³-hybridized carbons (Fsp3) is 0.500. The third-order valence-corrected chi connectivity index (χ3v) is 1.71. The van der Waals surface area contributed by atoms with Crippen molar-refractivity contribution in [2.75, 3.05) is 0 Å². The summed E-state index contributed by atoms with van der Waals surface area (Å²) in [5.41, 5.74) is 0. The molecular formula is C2ClF2NaO4S. The van der Waals surface area contributed by atoms with E-state index in [1.807, 2.05) is 0 Å². The van der Waals surface area contributed by atoms with Gasteiger partial charge < -0.3 is 4.55 Å². The van der Waals surface area contributed by atoms with Crippen LogP contribution in [-0.2, 0) is 14.9 Å². The summed E-state index contributed by atoms with van der Waals surface area (Å²) >= 11 is 4.09. The zero-order valence-corrected chi connectivity index (χ0v) is 8.75. The van der Waals surface area contributed by atoms with Crippen molar-refractivity contribution >= 4 is 27.0 Å². The first kappa shape index (κ1) is 14.3. The smallest absolute Gasteiger partial charge is 0.743 e. The Morgan fingerprint density at radius 3 is 1.73 bits per heavy atom. The molecule has 0 spiro atoms. The number of rotatable bonds is 2. The van der Waals surface area contributed by atoms with Crippen molar-refractivity contribution in [2.45, 2.75) is 5.25 Å². The Morgan fingerprint density at radius 2 is 1.73 bits per heavy atom. The summed E-state index contributed by atoms with van der Waals surface area (Å²) in [5.74, 6) is 0. The van der Waals surface area contributed by atoms with Crippen LogP contribution in [0.15, 0.2) is 0 Å². The van der Waals surface area contributed by atoms with E-state index in [4.69, 9.17) is 0 Å². The maximum absolute atomic E-state index is 11.7. The van der Waals surface area contributed by atoms with Crippen LogP contribution in [0.25, 0.3) is 0 Å². The molecule has 0 unspecified atom stereocenters. The molecule has 0 N–H and O–H groups in total. The average Bonchev–Trinajstić information content (AvgIpc) is 1.62. The molecule has 0 aromatic rings. The molecule has 0 aliphatic carbocycles. The van der Waals surface area contributed by atoms with Crippen molar-refractivity contribution in [1.82, 2.24) is 0 Å². The van der Waals surface area contributed by atoms with Crippen molar-refractivity contribution in [1.29, 1.82) is 0 Å².